The minimum absolute atomic E-state index is 0.0236. The van der Waals surface area contributed by atoms with Gasteiger partial charge in [0.15, 0.2) is 0 Å². The number of anilines is 1. The molecule has 0 aliphatic rings. The van der Waals surface area contributed by atoms with Crippen LogP contribution in [-0.4, -0.2) is 19.5 Å². The number of rotatable bonds is 3. The highest BCUT2D eigenvalue weighted by Gasteiger charge is 2.18. The highest BCUT2D eigenvalue weighted by molar-refractivity contribution is 9.10. The van der Waals surface area contributed by atoms with Gasteiger partial charge in [-0.2, -0.15) is 0 Å². The minimum atomic E-state index is -3.85. The molecule has 0 unspecified atom stereocenters. The molecule has 0 atom stereocenters. The highest BCUT2D eigenvalue weighted by Crippen LogP contribution is 2.30. The van der Waals surface area contributed by atoms with Crippen LogP contribution in [0, 0.1) is 13.8 Å². The van der Waals surface area contributed by atoms with Gasteiger partial charge in [0.1, 0.15) is 0 Å². The standard InChI is InChI=1S/C12H10BrClN2O4S/c1-6-3-9(8(13)5-11(6)21(14,18)19)15-12(17)10-4-7(2)16-20-10/h3-5H,1-2H3,(H,15,17). The molecule has 0 bridgehead atoms. The molecule has 2 rings (SSSR count). The number of nitrogens with one attached hydrogen (secondary N) is 1. The Hall–Kier alpha value is -1.38. The van der Waals surface area contributed by atoms with Crippen molar-refractivity contribution in [2.24, 2.45) is 0 Å². The largest absolute Gasteiger partial charge is 0.351 e. The van der Waals surface area contributed by atoms with Crippen LogP contribution in [0.4, 0.5) is 5.69 Å². The van der Waals surface area contributed by atoms with Gasteiger partial charge in [0, 0.05) is 21.2 Å². The normalized spacial score (nSPS) is 11.4. The number of amides is 1. The number of hydrogen-bond acceptors (Lipinski definition) is 5. The second-order valence-corrected chi connectivity index (χ2v) is 7.71. The first-order valence-electron chi connectivity index (χ1n) is 5.68. The van der Waals surface area contributed by atoms with Crippen LogP contribution in [0.2, 0.25) is 0 Å². The summed E-state index contributed by atoms with van der Waals surface area (Å²) < 4.78 is 28.0. The van der Waals surface area contributed by atoms with Gasteiger partial charge >= 0.3 is 0 Å². The van der Waals surface area contributed by atoms with Crippen LogP contribution in [0.25, 0.3) is 0 Å². The fraction of sp³-hybridized carbons (Fsp3) is 0.167. The van der Waals surface area contributed by atoms with Crippen LogP contribution in [0.1, 0.15) is 21.8 Å². The number of carbonyl (C=O) groups is 1. The molecule has 0 fully saturated rings. The van der Waals surface area contributed by atoms with E-state index in [1.165, 1.54) is 18.2 Å². The summed E-state index contributed by atoms with van der Waals surface area (Å²) in [4.78, 5) is 11.9. The van der Waals surface area contributed by atoms with Gasteiger partial charge in [0.05, 0.1) is 16.3 Å². The Morgan fingerprint density at radius 2 is 2.00 bits per heavy atom. The Bertz CT molecular complexity index is 817. The molecule has 1 heterocycles. The van der Waals surface area contributed by atoms with Crippen molar-refractivity contribution in [3.05, 3.63) is 39.7 Å². The van der Waals surface area contributed by atoms with Crippen molar-refractivity contribution in [1.29, 1.82) is 0 Å². The van der Waals surface area contributed by atoms with Crippen LogP contribution in [0.3, 0.4) is 0 Å². The van der Waals surface area contributed by atoms with Crippen molar-refractivity contribution in [3.63, 3.8) is 0 Å². The van der Waals surface area contributed by atoms with E-state index in [0.717, 1.165) is 0 Å². The van der Waals surface area contributed by atoms with Gasteiger partial charge in [-0.05, 0) is 47.5 Å². The van der Waals surface area contributed by atoms with Crippen molar-refractivity contribution in [2.45, 2.75) is 18.7 Å². The zero-order valence-electron chi connectivity index (χ0n) is 11.0. The molecule has 1 N–H and O–H groups in total. The molecule has 9 heteroatoms. The number of benzene rings is 1. The molecule has 1 aromatic carbocycles. The molecule has 1 aromatic heterocycles. The van der Waals surface area contributed by atoms with Crippen molar-refractivity contribution in [2.75, 3.05) is 5.32 Å². The van der Waals surface area contributed by atoms with E-state index in [1.54, 1.807) is 13.8 Å². The molecule has 0 radical (unpaired) electrons. The van der Waals surface area contributed by atoms with Gasteiger partial charge in [0.2, 0.25) is 5.76 Å². The molecular formula is C12H10BrClN2O4S. The third kappa shape index (κ3) is 3.63. The first kappa shape index (κ1) is 16.0. The molecular weight excluding hydrogens is 384 g/mol. The lowest BCUT2D eigenvalue weighted by Gasteiger charge is -2.09. The lowest BCUT2D eigenvalue weighted by molar-refractivity contribution is 0.0988. The Morgan fingerprint density at radius 1 is 1.33 bits per heavy atom. The lowest BCUT2D eigenvalue weighted by Crippen LogP contribution is -2.12. The fourth-order valence-corrected chi connectivity index (χ4v) is 3.47. The molecule has 0 aliphatic heterocycles. The van der Waals surface area contributed by atoms with E-state index in [0.29, 0.717) is 21.4 Å². The van der Waals surface area contributed by atoms with E-state index in [-0.39, 0.29) is 10.7 Å². The number of halogens is 2. The molecule has 112 valence electrons. The van der Waals surface area contributed by atoms with Gasteiger partial charge < -0.3 is 9.84 Å². The number of aromatic nitrogens is 1. The van der Waals surface area contributed by atoms with Crippen molar-refractivity contribution in [3.8, 4) is 0 Å². The average molecular weight is 394 g/mol. The van der Waals surface area contributed by atoms with Gasteiger partial charge in [-0.15, -0.1) is 0 Å². The maximum absolute atomic E-state index is 12.0. The molecule has 0 saturated heterocycles. The quantitative estimate of drug-likeness (QED) is 0.809. The number of hydrogen-bond donors (Lipinski definition) is 1. The van der Waals surface area contributed by atoms with E-state index in [9.17, 15) is 13.2 Å². The van der Waals surface area contributed by atoms with Crippen molar-refractivity contribution >= 4 is 47.3 Å². The summed E-state index contributed by atoms with van der Waals surface area (Å²) in [5.41, 5.74) is 1.40. The molecule has 0 spiro atoms. The van der Waals surface area contributed by atoms with E-state index in [2.05, 4.69) is 26.4 Å². The zero-order valence-corrected chi connectivity index (χ0v) is 14.1. The summed E-state index contributed by atoms with van der Waals surface area (Å²) in [6, 6.07) is 4.33. The van der Waals surface area contributed by atoms with Crippen LogP contribution in [0.5, 0.6) is 0 Å². The number of aryl methyl sites for hydroxylation is 2. The second-order valence-electron chi connectivity index (χ2n) is 4.32. The van der Waals surface area contributed by atoms with Crippen LogP contribution < -0.4 is 5.32 Å². The summed E-state index contributed by atoms with van der Waals surface area (Å²) in [7, 11) is 1.48. The highest BCUT2D eigenvalue weighted by atomic mass is 79.9. The summed E-state index contributed by atoms with van der Waals surface area (Å²) in [6.07, 6.45) is 0. The molecule has 0 aliphatic carbocycles. The van der Waals surface area contributed by atoms with E-state index in [4.69, 9.17) is 15.2 Å². The van der Waals surface area contributed by atoms with E-state index < -0.39 is 15.0 Å². The van der Waals surface area contributed by atoms with Gasteiger partial charge in [-0.3, -0.25) is 4.79 Å². The smallest absolute Gasteiger partial charge is 0.294 e. The Balaban J connectivity index is 2.34. The third-order valence-corrected chi connectivity index (χ3v) is 4.75. The first-order valence-corrected chi connectivity index (χ1v) is 8.78. The number of nitrogens with zero attached hydrogens (tertiary/aromatic N) is 1. The van der Waals surface area contributed by atoms with Gasteiger partial charge in [-0.25, -0.2) is 8.42 Å². The first-order chi connectivity index (χ1) is 9.68. The Morgan fingerprint density at radius 3 is 2.52 bits per heavy atom. The average Bonchev–Trinajstić information content (AvgIpc) is 2.78. The summed E-state index contributed by atoms with van der Waals surface area (Å²) >= 11 is 3.20. The molecule has 6 nitrogen and oxygen atoms in total. The van der Waals surface area contributed by atoms with E-state index in [1.807, 2.05) is 0 Å². The SMILES string of the molecule is Cc1cc(C(=O)Nc2cc(C)c(S(=O)(=O)Cl)cc2Br)on1. The lowest BCUT2D eigenvalue weighted by atomic mass is 10.2. The maximum atomic E-state index is 12.0. The van der Waals surface area contributed by atoms with Crippen LogP contribution in [0.15, 0.2) is 32.1 Å². The topological polar surface area (TPSA) is 89.3 Å². The molecule has 1 amide bonds. The summed E-state index contributed by atoms with van der Waals surface area (Å²) in [5, 5.41) is 6.22. The molecule has 2 aromatic rings. The zero-order chi connectivity index (χ0) is 15.8. The second kappa shape index (κ2) is 5.78. The van der Waals surface area contributed by atoms with Crippen molar-refractivity contribution in [1.82, 2.24) is 5.16 Å². The maximum Gasteiger partial charge on any atom is 0.294 e. The predicted molar refractivity (Wildman–Crippen MR) is 81.1 cm³/mol. The van der Waals surface area contributed by atoms with Crippen LogP contribution >= 0.6 is 26.6 Å². The Kier molecular flexibility index (Phi) is 4.40. The van der Waals surface area contributed by atoms with Crippen molar-refractivity contribution < 1.29 is 17.7 Å². The molecule has 0 saturated carbocycles. The van der Waals surface area contributed by atoms with Gasteiger partial charge in [-0.1, -0.05) is 5.16 Å². The third-order valence-electron chi connectivity index (χ3n) is 2.63. The van der Waals surface area contributed by atoms with Gasteiger partial charge in [0.25, 0.3) is 15.0 Å². The fourth-order valence-electron chi connectivity index (χ4n) is 1.68. The summed E-state index contributed by atoms with van der Waals surface area (Å²) in [6.45, 7) is 3.27. The molecule has 21 heavy (non-hydrogen) atoms. The Labute approximate surface area is 134 Å². The van der Waals surface area contributed by atoms with E-state index >= 15 is 0 Å². The number of carbonyl (C=O) groups excluding carboxylic acids is 1. The summed E-state index contributed by atoms with van der Waals surface area (Å²) in [5.74, 6) is -0.428. The predicted octanol–water partition coefficient (Wildman–Crippen LogP) is 3.23. The minimum Gasteiger partial charge on any atom is -0.351 e. The van der Waals surface area contributed by atoms with Crippen LogP contribution in [-0.2, 0) is 9.05 Å². The monoisotopic (exact) mass is 392 g/mol.